The maximum Gasteiger partial charge on any atom is 0.257 e. The maximum absolute atomic E-state index is 12.7. The SMILES string of the molecule is COc1ccc2cc(C(=O)Nc3cc(C)ccc3C)c(C)nc2c1. The summed E-state index contributed by atoms with van der Waals surface area (Å²) < 4.78 is 5.22. The molecule has 0 saturated carbocycles. The minimum absolute atomic E-state index is 0.147. The zero-order valence-electron chi connectivity index (χ0n) is 14.3. The third-order valence-corrected chi connectivity index (χ3v) is 4.10. The van der Waals surface area contributed by atoms with Crippen molar-refractivity contribution in [2.45, 2.75) is 20.8 Å². The molecule has 24 heavy (non-hydrogen) atoms. The molecule has 3 aromatic rings. The lowest BCUT2D eigenvalue weighted by Gasteiger charge is -2.12. The Morgan fingerprint density at radius 2 is 1.83 bits per heavy atom. The third kappa shape index (κ3) is 3.08. The van der Waals surface area contributed by atoms with Crippen molar-refractivity contribution in [2.75, 3.05) is 12.4 Å². The Labute approximate surface area is 141 Å². The van der Waals surface area contributed by atoms with Crippen LogP contribution in [-0.2, 0) is 0 Å². The van der Waals surface area contributed by atoms with Gasteiger partial charge in [0.15, 0.2) is 0 Å². The number of hydrogen-bond acceptors (Lipinski definition) is 3. The van der Waals surface area contributed by atoms with Gasteiger partial charge in [0.1, 0.15) is 5.75 Å². The Kier molecular flexibility index (Phi) is 4.21. The number of amides is 1. The number of nitrogens with zero attached hydrogens (tertiary/aromatic N) is 1. The monoisotopic (exact) mass is 320 g/mol. The van der Waals surface area contributed by atoms with Crippen LogP contribution in [0, 0.1) is 20.8 Å². The first-order chi connectivity index (χ1) is 11.5. The summed E-state index contributed by atoms with van der Waals surface area (Å²) in [6.07, 6.45) is 0. The van der Waals surface area contributed by atoms with Crippen LogP contribution in [0.2, 0.25) is 0 Å². The number of aryl methyl sites for hydroxylation is 3. The van der Waals surface area contributed by atoms with Gasteiger partial charge in [-0.2, -0.15) is 0 Å². The molecule has 0 bridgehead atoms. The van der Waals surface area contributed by atoms with E-state index < -0.39 is 0 Å². The van der Waals surface area contributed by atoms with Crippen LogP contribution in [-0.4, -0.2) is 18.0 Å². The molecule has 0 radical (unpaired) electrons. The maximum atomic E-state index is 12.7. The van der Waals surface area contributed by atoms with Crippen LogP contribution in [0.4, 0.5) is 5.69 Å². The number of pyridine rings is 1. The number of rotatable bonds is 3. The van der Waals surface area contributed by atoms with Crippen LogP contribution in [0.25, 0.3) is 10.9 Å². The fraction of sp³-hybridized carbons (Fsp3) is 0.200. The van der Waals surface area contributed by atoms with Gasteiger partial charge in [-0.3, -0.25) is 9.78 Å². The summed E-state index contributed by atoms with van der Waals surface area (Å²) in [5, 5.41) is 3.90. The van der Waals surface area contributed by atoms with E-state index in [0.29, 0.717) is 11.3 Å². The first-order valence-corrected chi connectivity index (χ1v) is 7.82. The summed E-state index contributed by atoms with van der Waals surface area (Å²) in [5.41, 5.74) is 5.05. The van der Waals surface area contributed by atoms with Gasteiger partial charge in [0, 0.05) is 17.1 Å². The molecule has 0 saturated heterocycles. The van der Waals surface area contributed by atoms with Gasteiger partial charge in [-0.15, -0.1) is 0 Å². The standard InChI is InChI=1S/C20H20N2O2/c1-12-5-6-13(2)18(9-12)22-20(23)17-10-15-7-8-16(24-4)11-19(15)21-14(17)3/h5-11H,1-4H3,(H,22,23). The Balaban J connectivity index is 1.97. The molecule has 122 valence electrons. The molecule has 1 heterocycles. The van der Waals surface area contributed by atoms with E-state index in [1.165, 1.54) is 0 Å². The highest BCUT2D eigenvalue weighted by Gasteiger charge is 2.13. The lowest BCUT2D eigenvalue weighted by atomic mass is 10.1. The van der Waals surface area contributed by atoms with Crippen molar-refractivity contribution in [3.63, 3.8) is 0 Å². The summed E-state index contributed by atoms with van der Waals surface area (Å²) in [5.74, 6) is 0.605. The number of ether oxygens (including phenoxy) is 1. The van der Waals surface area contributed by atoms with Gasteiger partial charge in [0.2, 0.25) is 0 Å². The number of benzene rings is 2. The van der Waals surface area contributed by atoms with Crippen molar-refractivity contribution < 1.29 is 9.53 Å². The molecular formula is C20H20N2O2. The van der Waals surface area contributed by atoms with Crippen molar-refractivity contribution in [3.8, 4) is 5.75 Å². The molecule has 3 rings (SSSR count). The van der Waals surface area contributed by atoms with E-state index in [1.807, 2.05) is 63.2 Å². The molecule has 0 atom stereocenters. The van der Waals surface area contributed by atoms with Crippen molar-refractivity contribution >= 4 is 22.5 Å². The predicted octanol–water partition coefficient (Wildman–Crippen LogP) is 4.42. The highest BCUT2D eigenvalue weighted by molar-refractivity contribution is 6.07. The molecule has 4 heteroatoms. The Morgan fingerprint density at radius 1 is 1.04 bits per heavy atom. The summed E-state index contributed by atoms with van der Waals surface area (Å²) >= 11 is 0. The van der Waals surface area contributed by atoms with Gasteiger partial charge >= 0.3 is 0 Å². The molecular weight excluding hydrogens is 300 g/mol. The predicted molar refractivity (Wildman–Crippen MR) is 96.9 cm³/mol. The highest BCUT2D eigenvalue weighted by Crippen LogP contribution is 2.23. The summed E-state index contributed by atoms with van der Waals surface area (Å²) in [6, 6.07) is 13.5. The molecule has 1 amide bonds. The number of anilines is 1. The largest absolute Gasteiger partial charge is 0.497 e. The van der Waals surface area contributed by atoms with Crippen LogP contribution in [0.15, 0.2) is 42.5 Å². The topological polar surface area (TPSA) is 51.2 Å². The number of carbonyl (C=O) groups excluding carboxylic acids is 1. The van der Waals surface area contributed by atoms with Crippen molar-refractivity contribution in [1.29, 1.82) is 0 Å². The van der Waals surface area contributed by atoms with E-state index in [4.69, 9.17) is 4.74 Å². The first-order valence-electron chi connectivity index (χ1n) is 7.82. The van der Waals surface area contributed by atoms with Gasteiger partial charge < -0.3 is 10.1 Å². The lowest BCUT2D eigenvalue weighted by molar-refractivity contribution is 0.102. The number of fused-ring (bicyclic) bond motifs is 1. The molecule has 1 aromatic heterocycles. The normalized spacial score (nSPS) is 10.7. The Hall–Kier alpha value is -2.88. The van der Waals surface area contributed by atoms with Crippen molar-refractivity contribution in [2.24, 2.45) is 0 Å². The quantitative estimate of drug-likeness (QED) is 0.777. The first kappa shape index (κ1) is 16.0. The number of hydrogen-bond donors (Lipinski definition) is 1. The van der Waals surface area contributed by atoms with Crippen LogP contribution in [0.1, 0.15) is 27.2 Å². The molecule has 0 unspecified atom stereocenters. The second-order valence-corrected chi connectivity index (χ2v) is 5.95. The van der Waals surface area contributed by atoms with Crippen LogP contribution >= 0.6 is 0 Å². The van der Waals surface area contributed by atoms with Gasteiger partial charge in [-0.1, -0.05) is 12.1 Å². The second-order valence-electron chi connectivity index (χ2n) is 5.95. The average molecular weight is 320 g/mol. The third-order valence-electron chi connectivity index (χ3n) is 4.10. The molecule has 0 aliphatic heterocycles. The highest BCUT2D eigenvalue weighted by atomic mass is 16.5. The van der Waals surface area contributed by atoms with E-state index in [2.05, 4.69) is 10.3 Å². The molecule has 2 aromatic carbocycles. The van der Waals surface area contributed by atoms with Gasteiger partial charge in [-0.05, 0) is 56.2 Å². The minimum atomic E-state index is -0.147. The molecule has 0 aliphatic carbocycles. The number of nitrogens with one attached hydrogen (secondary N) is 1. The van der Waals surface area contributed by atoms with Gasteiger partial charge in [-0.25, -0.2) is 0 Å². The van der Waals surface area contributed by atoms with E-state index >= 15 is 0 Å². The van der Waals surface area contributed by atoms with Crippen molar-refractivity contribution in [1.82, 2.24) is 4.98 Å². The van der Waals surface area contributed by atoms with Crippen molar-refractivity contribution in [3.05, 3.63) is 64.8 Å². The van der Waals surface area contributed by atoms with Gasteiger partial charge in [0.25, 0.3) is 5.91 Å². The Bertz CT molecular complexity index is 932. The number of carbonyl (C=O) groups is 1. The second kappa shape index (κ2) is 6.32. The lowest BCUT2D eigenvalue weighted by Crippen LogP contribution is -2.15. The number of methoxy groups -OCH3 is 1. The molecule has 0 fully saturated rings. The number of aromatic nitrogens is 1. The van der Waals surface area contributed by atoms with Gasteiger partial charge in [0.05, 0.1) is 23.9 Å². The molecule has 0 spiro atoms. The molecule has 0 aliphatic rings. The van der Waals surface area contributed by atoms with Crippen LogP contribution in [0.5, 0.6) is 5.75 Å². The van der Waals surface area contributed by atoms with E-state index in [9.17, 15) is 4.79 Å². The smallest absolute Gasteiger partial charge is 0.257 e. The minimum Gasteiger partial charge on any atom is -0.497 e. The summed E-state index contributed by atoms with van der Waals surface area (Å²) in [4.78, 5) is 17.2. The zero-order chi connectivity index (χ0) is 17.3. The van der Waals surface area contributed by atoms with E-state index in [-0.39, 0.29) is 5.91 Å². The summed E-state index contributed by atoms with van der Waals surface area (Å²) in [6.45, 7) is 5.83. The molecule has 1 N–H and O–H groups in total. The van der Waals surface area contributed by atoms with Crippen LogP contribution in [0.3, 0.4) is 0 Å². The van der Waals surface area contributed by atoms with E-state index in [1.54, 1.807) is 7.11 Å². The fourth-order valence-corrected chi connectivity index (χ4v) is 2.66. The summed E-state index contributed by atoms with van der Waals surface area (Å²) in [7, 11) is 1.63. The Morgan fingerprint density at radius 3 is 2.58 bits per heavy atom. The molecule has 4 nitrogen and oxygen atoms in total. The van der Waals surface area contributed by atoms with E-state index in [0.717, 1.165) is 33.5 Å². The average Bonchev–Trinajstić information content (AvgIpc) is 2.56. The van der Waals surface area contributed by atoms with Crippen LogP contribution < -0.4 is 10.1 Å². The fourth-order valence-electron chi connectivity index (χ4n) is 2.66. The zero-order valence-corrected chi connectivity index (χ0v) is 14.3.